The molecule has 3 aromatic rings. The van der Waals surface area contributed by atoms with Crippen LogP contribution in [-0.4, -0.2) is 30.0 Å². The molecule has 8 nitrogen and oxygen atoms in total. The van der Waals surface area contributed by atoms with Crippen molar-refractivity contribution in [2.45, 2.75) is 31.6 Å². The first kappa shape index (κ1) is 21.6. The van der Waals surface area contributed by atoms with Gasteiger partial charge in [-0.15, -0.1) is 0 Å². The highest BCUT2D eigenvalue weighted by molar-refractivity contribution is 7.92. The normalized spacial score (nSPS) is 14.0. The maximum atomic E-state index is 14.0. The quantitative estimate of drug-likeness (QED) is 0.618. The highest BCUT2D eigenvalue weighted by Crippen LogP contribution is 2.35. The van der Waals surface area contributed by atoms with Crippen LogP contribution in [0.15, 0.2) is 41.3 Å². The topological polar surface area (TPSA) is 110 Å². The zero-order valence-electron chi connectivity index (χ0n) is 17.1. The fourth-order valence-electron chi connectivity index (χ4n) is 3.51. The molecule has 0 aliphatic carbocycles. The van der Waals surface area contributed by atoms with Gasteiger partial charge in [0.1, 0.15) is 17.5 Å². The summed E-state index contributed by atoms with van der Waals surface area (Å²) in [6, 6.07) is 7.05. The highest BCUT2D eigenvalue weighted by atomic mass is 32.2. The number of carbonyl (C=O) groups excluding carboxylic acids is 2. The average molecular weight is 460 g/mol. The van der Waals surface area contributed by atoms with E-state index < -0.39 is 27.3 Å². The molecule has 2 aromatic carbocycles. The molecule has 0 atom stereocenters. The minimum absolute atomic E-state index is 0.0000739. The Morgan fingerprint density at radius 2 is 1.81 bits per heavy atom. The molecule has 0 saturated carbocycles. The van der Waals surface area contributed by atoms with Crippen molar-refractivity contribution in [3.05, 3.63) is 59.3 Å². The Labute approximate surface area is 182 Å². The predicted octanol–water partition coefficient (Wildman–Crippen LogP) is 3.62. The molecule has 1 aliphatic rings. The number of carbonyl (C=O) groups is 2. The van der Waals surface area contributed by atoms with Crippen molar-refractivity contribution in [2.24, 2.45) is 0 Å². The first-order chi connectivity index (χ1) is 15.1. The van der Waals surface area contributed by atoms with Crippen molar-refractivity contribution in [2.75, 3.05) is 10.0 Å². The molecule has 0 spiro atoms. The Balaban J connectivity index is 1.81. The van der Waals surface area contributed by atoms with Gasteiger partial charge in [-0.2, -0.15) is 9.78 Å². The number of aryl methyl sites for hydroxylation is 2. The van der Waals surface area contributed by atoms with Gasteiger partial charge in [-0.1, -0.05) is 12.1 Å². The largest absolute Gasteiger partial charge is 0.310 e. The maximum Gasteiger partial charge on any atom is 0.262 e. The third-order valence-electron chi connectivity index (χ3n) is 5.06. The SMILES string of the molecule is Cc1ccc(-c2c(C)nn3c2NC(=O)CCC3=O)cc1S(=O)(=O)Nc1ccc(F)cc1F. The van der Waals surface area contributed by atoms with E-state index in [9.17, 15) is 26.8 Å². The van der Waals surface area contributed by atoms with Gasteiger partial charge in [0.25, 0.3) is 10.0 Å². The minimum atomic E-state index is -4.25. The monoisotopic (exact) mass is 460 g/mol. The van der Waals surface area contributed by atoms with Crippen LogP contribution in [0.3, 0.4) is 0 Å². The molecule has 0 unspecified atom stereocenters. The maximum absolute atomic E-state index is 14.0. The van der Waals surface area contributed by atoms with E-state index in [1.165, 1.54) is 6.07 Å². The van der Waals surface area contributed by atoms with Crippen LogP contribution < -0.4 is 10.0 Å². The molecule has 1 aliphatic heterocycles. The van der Waals surface area contributed by atoms with Gasteiger partial charge >= 0.3 is 0 Å². The van der Waals surface area contributed by atoms with Gasteiger partial charge in [-0.25, -0.2) is 17.2 Å². The van der Waals surface area contributed by atoms with Gasteiger partial charge in [0.15, 0.2) is 0 Å². The van der Waals surface area contributed by atoms with E-state index in [2.05, 4.69) is 15.1 Å². The summed E-state index contributed by atoms with van der Waals surface area (Å²) >= 11 is 0. The second-order valence-electron chi connectivity index (χ2n) is 7.37. The smallest absolute Gasteiger partial charge is 0.262 e. The molecule has 1 aromatic heterocycles. The predicted molar refractivity (Wildman–Crippen MR) is 113 cm³/mol. The van der Waals surface area contributed by atoms with Crippen LogP contribution in [0.5, 0.6) is 0 Å². The molecule has 4 rings (SSSR count). The lowest BCUT2D eigenvalue weighted by Crippen LogP contribution is -2.15. The van der Waals surface area contributed by atoms with Crippen molar-refractivity contribution in [3.63, 3.8) is 0 Å². The highest BCUT2D eigenvalue weighted by Gasteiger charge is 2.27. The second-order valence-corrected chi connectivity index (χ2v) is 9.02. The van der Waals surface area contributed by atoms with E-state index in [-0.39, 0.29) is 35.4 Å². The van der Waals surface area contributed by atoms with Crippen LogP contribution in [0.4, 0.5) is 20.3 Å². The van der Waals surface area contributed by atoms with Gasteiger partial charge in [-0.05, 0) is 43.2 Å². The summed E-state index contributed by atoms with van der Waals surface area (Å²) in [7, 11) is -4.25. The van der Waals surface area contributed by atoms with E-state index in [1.54, 1.807) is 26.0 Å². The lowest BCUT2D eigenvalue weighted by Gasteiger charge is -2.13. The van der Waals surface area contributed by atoms with Gasteiger partial charge in [0.05, 0.1) is 16.3 Å². The van der Waals surface area contributed by atoms with E-state index in [4.69, 9.17) is 0 Å². The lowest BCUT2D eigenvalue weighted by molar-refractivity contribution is -0.116. The van der Waals surface area contributed by atoms with Crippen LogP contribution in [-0.2, 0) is 14.8 Å². The third-order valence-corrected chi connectivity index (χ3v) is 6.57. The first-order valence-electron chi connectivity index (χ1n) is 9.58. The van der Waals surface area contributed by atoms with E-state index in [1.807, 2.05) is 0 Å². The Morgan fingerprint density at radius 1 is 1.06 bits per heavy atom. The average Bonchev–Trinajstić information content (AvgIpc) is 2.97. The lowest BCUT2D eigenvalue weighted by atomic mass is 10.0. The summed E-state index contributed by atoms with van der Waals surface area (Å²) in [5.74, 6) is -2.44. The van der Waals surface area contributed by atoms with Crippen LogP contribution in [0.25, 0.3) is 11.1 Å². The molecule has 1 amide bonds. The Bertz CT molecular complexity index is 1380. The number of nitrogens with zero attached hydrogens (tertiary/aromatic N) is 2. The number of halogens is 2. The standard InChI is InChI=1S/C21H18F2N4O4S/c1-11-3-4-13(20-12(2)25-27-19(29)8-7-18(28)24-21(20)27)9-17(11)32(30,31)26-16-6-5-14(22)10-15(16)23/h3-6,9-10,26H,7-8H2,1-2H3,(H,24,28). The molecule has 2 N–H and O–H groups in total. The number of benzene rings is 2. The zero-order valence-corrected chi connectivity index (χ0v) is 17.9. The molecule has 11 heteroatoms. The summed E-state index contributed by atoms with van der Waals surface area (Å²) in [5, 5.41) is 6.86. The van der Waals surface area contributed by atoms with Crippen molar-refractivity contribution in [1.29, 1.82) is 0 Å². The van der Waals surface area contributed by atoms with E-state index in [0.717, 1.165) is 16.8 Å². The molecule has 166 valence electrons. The summed E-state index contributed by atoms with van der Waals surface area (Å²) in [4.78, 5) is 24.2. The number of rotatable bonds is 4. The van der Waals surface area contributed by atoms with Crippen molar-refractivity contribution in [1.82, 2.24) is 9.78 Å². The molecular weight excluding hydrogens is 442 g/mol. The Kier molecular flexibility index (Phi) is 5.29. The Hall–Kier alpha value is -3.60. The summed E-state index contributed by atoms with van der Waals surface area (Å²) in [5.41, 5.74) is 1.19. The fourth-order valence-corrected chi connectivity index (χ4v) is 4.85. The van der Waals surface area contributed by atoms with Crippen LogP contribution >= 0.6 is 0 Å². The summed E-state index contributed by atoms with van der Waals surface area (Å²) in [6.45, 7) is 3.20. The molecule has 0 bridgehead atoms. The van der Waals surface area contributed by atoms with Gasteiger partial charge in [-0.3, -0.25) is 14.3 Å². The summed E-state index contributed by atoms with van der Waals surface area (Å²) < 4.78 is 56.4. The first-order valence-corrected chi connectivity index (χ1v) is 11.1. The van der Waals surface area contributed by atoms with Gasteiger partial charge < -0.3 is 5.32 Å². The molecule has 0 fully saturated rings. The van der Waals surface area contributed by atoms with Gasteiger partial charge in [0.2, 0.25) is 11.8 Å². The van der Waals surface area contributed by atoms with Crippen molar-refractivity contribution >= 4 is 33.3 Å². The number of anilines is 2. The number of nitrogens with one attached hydrogen (secondary N) is 2. The molecular formula is C21H18F2N4O4S. The third kappa shape index (κ3) is 3.86. The zero-order chi connectivity index (χ0) is 23.2. The summed E-state index contributed by atoms with van der Waals surface area (Å²) in [6.07, 6.45) is 0.0153. The minimum Gasteiger partial charge on any atom is -0.310 e. The number of hydrogen-bond acceptors (Lipinski definition) is 5. The van der Waals surface area contributed by atoms with Crippen LogP contribution in [0.2, 0.25) is 0 Å². The van der Waals surface area contributed by atoms with Crippen molar-refractivity contribution < 1.29 is 26.8 Å². The fraction of sp³-hybridized carbons (Fsp3) is 0.190. The van der Waals surface area contributed by atoms with Gasteiger partial charge in [0, 0.05) is 24.5 Å². The van der Waals surface area contributed by atoms with Crippen molar-refractivity contribution in [3.8, 4) is 11.1 Å². The Morgan fingerprint density at radius 3 is 2.53 bits per heavy atom. The number of sulfonamides is 1. The number of amides is 1. The molecule has 32 heavy (non-hydrogen) atoms. The van der Waals surface area contributed by atoms with E-state index >= 15 is 0 Å². The van der Waals surface area contributed by atoms with Crippen LogP contribution in [0, 0.1) is 25.5 Å². The van der Waals surface area contributed by atoms with E-state index in [0.29, 0.717) is 28.5 Å². The molecule has 0 saturated heterocycles. The number of aromatic nitrogens is 2. The molecule has 0 radical (unpaired) electrons. The second kappa shape index (κ2) is 7.83. The molecule has 2 heterocycles. The number of hydrogen-bond donors (Lipinski definition) is 2. The van der Waals surface area contributed by atoms with Crippen LogP contribution in [0.1, 0.15) is 28.9 Å². The number of fused-ring (bicyclic) bond motifs is 1.